The zero-order valence-electron chi connectivity index (χ0n) is 11.9. The Labute approximate surface area is 124 Å². The highest BCUT2D eigenvalue weighted by Gasteiger charge is 2.09. The van der Waals surface area contributed by atoms with E-state index in [9.17, 15) is 4.79 Å². The van der Waals surface area contributed by atoms with Crippen LogP contribution in [0, 0.1) is 0 Å². The van der Waals surface area contributed by atoms with E-state index in [2.05, 4.69) is 52.5 Å². The average molecular weight is 327 g/mol. The first-order valence-electron chi connectivity index (χ1n) is 6.81. The number of halogens is 1. The minimum atomic E-state index is 0.0581. The Balaban J connectivity index is 2.37. The van der Waals surface area contributed by atoms with Gasteiger partial charge in [0, 0.05) is 16.6 Å². The fourth-order valence-corrected chi connectivity index (χ4v) is 2.39. The van der Waals surface area contributed by atoms with Crippen molar-refractivity contribution in [1.29, 1.82) is 0 Å². The largest absolute Gasteiger partial charge is 0.353 e. The van der Waals surface area contributed by atoms with Crippen molar-refractivity contribution < 1.29 is 4.79 Å². The van der Waals surface area contributed by atoms with Crippen LogP contribution in [0.2, 0.25) is 0 Å². The highest BCUT2D eigenvalue weighted by Crippen LogP contribution is 2.17. The topological polar surface area (TPSA) is 41.1 Å². The first kappa shape index (κ1) is 16.2. The molecule has 1 rings (SSSR count). The number of rotatable bonds is 7. The number of benzene rings is 1. The molecule has 0 radical (unpaired) electrons. The van der Waals surface area contributed by atoms with Gasteiger partial charge in [-0.3, -0.25) is 4.79 Å². The van der Waals surface area contributed by atoms with Crippen LogP contribution in [-0.2, 0) is 4.79 Å². The van der Waals surface area contributed by atoms with Gasteiger partial charge in [0.15, 0.2) is 0 Å². The molecule has 106 valence electrons. The van der Waals surface area contributed by atoms with E-state index in [0.717, 1.165) is 17.3 Å². The highest BCUT2D eigenvalue weighted by atomic mass is 79.9. The number of carbonyl (C=O) groups is 1. The zero-order chi connectivity index (χ0) is 14.3. The lowest BCUT2D eigenvalue weighted by molar-refractivity contribution is -0.121. The Morgan fingerprint density at radius 1 is 1.37 bits per heavy atom. The molecule has 0 saturated heterocycles. The van der Waals surface area contributed by atoms with Crippen LogP contribution in [0.4, 0.5) is 0 Å². The maximum Gasteiger partial charge on any atom is 0.234 e. The van der Waals surface area contributed by atoms with E-state index in [4.69, 9.17) is 0 Å². The molecule has 0 saturated carbocycles. The fourth-order valence-electron chi connectivity index (χ4n) is 1.97. The second-order valence-electron chi connectivity index (χ2n) is 4.91. The predicted molar refractivity (Wildman–Crippen MR) is 83.1 cm³/mol. The fraction of sp³-hybridized carbons (Fsp3) is 0.533. The maximum absolute atomic E-state index is 11.7. The summed E-state index contributed by atoms with van der Waals surface area (Å²) in [4.78, 5) is 11.7. The first-order chi connectivity index (χ1) is 9.02. The van der Waals surface area contributed by atoms with Crippen LogP contribution in [0.25, 0.3) is 0 Å². The lowest BCUT2D eigenvalue weighted by atomic mass is 10.1. The molecule has 2 atom stereocenters. The Morgan fingerprint density at radius 2 is 2.11 bits per heavy atom. The quantitative estimate of drug-likeness (QED) is 0.806. The third-order valence-corrected chi connectivity index (χ3v) is 3.54. The lowest BCUT2D eigenvalue weighted by Crippen LogP contribution is -2.39. The normalized spacial score (nSPS) is 13.9. The molecule has 0 bridgehead atoms. The molecule has 0 aliphatic heterocycles. The Hall–Kier alpha value is -0.870. The van der Waals surface area contributed by atoms with Crippen LogP contribution >= 0.6 is 15.9 Å². The number of nitrogens with one attached hydrogen (secondary N) is 2. The summed E-state index contributed by atoms with van der Waals surface area (Å²) in [7, 11) is 0. The van der Waals surface area contributed by atoms with Gasteiger partial charge in [-0.25, -0.2) is 0 Å². The van der Waals surface area contributed by atoms with E-state index in [-0.39, 0.29) is 18.0 Å². The second-order valence-corrected chi connectivity index (χ2v) is 5.83. The molecular formula is C15H23BrN2O. The van der Waals surface area contributed by atoms with Crippen molar-refractivity contribution in [3.63, 3.8) is 0 Å². The monoisotopic (exact) mass is 326 g/mol. The summed E-state index contributed by atoms with van der Waals surface area (Å²) in [5, 5.41) is 6.23. The summed E-state index contributed by atoms with van der Waals surface area (Å²) in [6.07, 6.45) is 2.11. The number of carbonyl (C=O) groups excluding carboxylic acids is 1. The SMILES string of the molecule is CCCC(C)NC(=O)CNC(C)c1cccc(Br)c1. The smallest absolute Gasteiger partial charge is 0.234 e. The van der Waals surface area contributed by atoms with Crippen molar-refractivity contribution in [2.24, 2.45) is 0 Å². The molecule has 1 aromatic carbocycles. The molecule has 0 heterocycles. The average Bonchev–Trinajstić information content (AvgIpc) is 2.36. The number of hydrogen-bond donors (Lipinski definition) is 2. The standard InChI is InChI=1S/C15H23BrN2O/c1-4-6-11(2)18-15(19)10-17-12(3)13-7-5-8-14(16)9-13/h5,7-9,11-12,17H,4,6,10H2,1-3H3,(H,18,19). The van der Waals surface area contributed by atoms with Gasteiger partial charge in [0.1, 0.15) is 0 Å². The van der Waals surface area contributed by atoms with Gasteiger partial charge in [0.25, 0.3) is 0 Å². The summed E-state index contributed by atoms with van der Waals surface area (Å²) in [5.74, 6) is 0.0581. The minimum Gasteiger partial charge on any atom is -0.353 e. The van der Waals surface area contributed by atoms with Gasteiger partial charge in [-0.1, -0.05) is 41.4 Å². The van der Waals surface area contributed by atoms with Gasteiger partial charge in [-0.05, 0) is 38.0 Å². The van der Waals surface area contributed by atoms with Gasteiger partial charge in [-0.15, -0.1) is 0 Å². The summed E-state index contributed by atoms with van der Waals surface area (Å²) < 4.78 is 1.06. The minimum absolute atomic E-state index is 0.0581. The van der Waals surface area contributed by atoms with Gasteiger partial charge < -0.3 is 10.6 Å². The lowest BCUT2D eigenvalue weighted by Gasteiger charge is -2.16. The van der Waals surface area contributed by atoms with Crippen LogP contribution in [0.15, 0.2) is 28.7 Å². The number of amides is 1. The Morgan fingerprint density at radius 3 is 2.74 bits per heavy atom. The molecular weight excluding hydrogens is 304 g/mol. The molecule has 19 heavy (non-hydrogen) atoms. The summed E-state index contributed by atoms with van der Waals surface area (Å²) >= 11 is 3.45. The summed E-state index contributed by atoms with van der Waals surface area (Å²) in [5.41, 5.74) is 1.17. The summed E-state index contributed by atoms with van der Waals surface area (Å²) in [6, 6.07) is 8.52. The van der Waals surface area contributed by atoms with E-state index in [0.29, 0.717) is 6.54 Å². The van der Waals surface area contributed by atoms with E-state index < -0.39 is 0 Å². The van der Waals surface area contributed by atoms with Gasteiger partial charge >= 0.3 is 0 Å². The first-order valence-corrected chi connectivity index (χ1v) is 7.60. The van der Waals surface area contributed by atoms with Crippen molar-refractivity contribution in [2.45, 2.75) is 45.7 Å². The van der Waals surface area contributed by atoms with E-state index in [1.165, 1.54) is 5.56 Å². The Kier molecular flexibility index (Phi) is 7.10. The van der Waals surface area contributed by atoms with Crippen molar-refractivity contribution in [1.82, 2.24) is 10.6 Å². The van der Waals surface area contributed by atoms with Crippen molar-refractivity contribution in [3.05, 3.63) is 34.3 Å². The van der Waals surface area contributed by atoms with Gasteiger partial charge in [-0.2, -0.15) is 0 Å². The van der Waals surface area contributed by atoms with Crippen molar-refractivity contribution in [2.75, 3.05) is 6.54 Å². The van der Waals surface area contributed by atoms with Crippen LogP contribution in [-0.4, -0.2) is 18.5 Å². The zero-order valence-corrected chi connectivity index (χ0v) is 13.5. The maximum atomic E-state index is 11.7. The van der Waals surface area contributed by atoms with Crippen LogP contribution < -0.4 is 10.6 Å². The van der Waals surface area contributed by atoms with Gasteiger partial charge in [0.05, 0.1) is 6.54 Å². The molecule has 4 heteroatoms. The molecule has 0 aliphatic carbocycles. The molecule has 2 unspecified atom stereocenters. The van der Waals surface area contributed by atoms with E-state index >= 15 is 0 Å². The molecule has 1 amide bonds. The molecule has 0 aliphatic rings. The molecule has 0 spiro atoms. The van der Waals surface area contributed by atoms with E-state index in [1.807, 2.05) is 19.1 Å². The molecule has 3 nitrogen and oxygen atoms in total. The second kappa shape index (κ2) is 8.33. The van der Waals surface area contributed by atoms with Crippen molar-refractivity contribution >= 4 is 21.8 Å². The Bertz CT molecular complexity index is 409. The van der Waals surface area contributed by atoms with Gasteiger partial charge in [0.2, 0.25) is 5.91 Å². The van der Waals surface area contributed by atoms with Crippen LogP contribution in [0.5, 0.6) is 0 Å². The van der Waals surface area contributed by atoms with Crippen LogP contribution in [0.1, 0.15) is 45.2 Å². The van der Waals surface area contributed by atoms with Crippen molar-refractivity contribution in [3.8, 4) is 0 Å². The number of hydrogen-bond acceptors (Lipinski definition) is 2. The predicted octanol–water partition coefficient (Wildman–Crippen LogP) is 3.40. The van der Waals surface area contributed by atoms with E-state index in [1.54, 1.807) is 0 Å². The molecule has 1 aromatic rings. The third-order valence-electron chi connectivity index (χ3n) is 3.05. The van der Waals surface area contributed by atoms with Crippen LogP contribution in [0.3, 0.4) is 0 Å². The molecule has 0 aromatic heterocycles. The molecule has 2 N–H and O–H groups in total. The summed E-state index contributed by atoms with van der Waals surface area (Å²) in [6.45, 7) is 6.57. The third kappa shape index (κ3) is 6.21. The molecule has 0 fully saturated rings. The highest BCUT2D eigenvalue weighted by molar-refractivity contribution is 9.10.